The summed E-state index contributed by atoms with van der Waals surface area (Å²) < 4.78 is 19.9. The first-order chi connectivity index (χ1) is 29.9. The summed E-state index contributed by atoms with van der Waals surface area (Å²) in [5.41, 5.74) is 4.74. The number of hydrogen-bond acceptors (Lipinski definition) is 11. The van der Waals surface area contributed by atoms with Crippen molar-refractivity contribution in [3.8, 4) is 17.5 Å². The summed E-state index contributed by atoms with van der Waals surface area (Å²) in [6.07, 6.45) is 11.9. The van der Waals surface area contributed by atoms with Gasteiger partial charge in [-0.2, -0.15) is 15.0 Å². The number of aromatic nitrogens is 5. The number of fused-ring (bicyclic) bond motifs is 8. The number of pyridine rings is 2. The van der Waals surface area contributed by atoms with Crippen molar-refractivity contribution in [1.82, 2.24) is 34.7 Å². The highest BCUT2D eigenvalue weighted by Crippen LogP contribution is 2.47. The molecule has 6 fully saturated rings. The molecule has 2 unspecified atom stereocenters. The number of piperidine rings is 6. The normalized spacial score (nSPS) is 26.4. The van der Waals surface area contributed by atoms with Crippen molar-refractivity contribution < 1.29 is 14.2 Å². The molecule has 12 rings (SSSR count). The van der Waals surface area contributed by atoms with Gasteiger partial charge >= 0.3 is 6.01 Å². The van der Waals surface area contributed by atoms with Gasteiger partial charge in [0.1, 0.15) is 23.4 Å². The van der Waals surface area contributed by atoms with Crippen LogP contribution in [0.1, 0.15) is 54.7 Å². The minimum Gasteiger partial charge on any atom is -0.497 e. The van der Waals surface area contributed by atoms with Crippen LogP contribution in [0.2, 0.25) is 0 Å². The summed E-state index contributed by atoms with van der Waals surface area (Å²) in [4.78, 5) is 30.6. The molecular weight excluding hydrogens is 828 g/mol. The number of benzene rings is 3. The number of ether oxygens (including phenoxy) is 3. The smallest absolute Gasteiger partial charge is 0.322 e. The maximum Gasteiger partial charge on any atom is 0.322 e. The van der Waals surface area contributed by atoms with Gasteiger partial charge in [0.2, 0.25) is 5.95 Å². The second kappa shape index (κ2) is 16.8. The Bertz CT molecular complexity index is 2590. The Hall–Kier alpha value is -5.43. The van der Waals surface area contributed by atoms with Crippen LogP contribution in [-0.2, 0) is 0 Å². The molecule has 312 valence electrons. The van der Waals surface area contributed by atoms with Gasteiger partial charge in [0.25, 0.3) is 0 Å². The van der Waals surface area contributed by atoms with E-state index in [4.69, 9.17) is 39.1 Å². The maximum atomic E-state index is 7.37. The summed E-state index contributed by atoms with van der Waals surface area (Å²) in [6.45, 7) is 12.3. The van der Waals surface area contributed by atoms with E-state index in [0.29, 0.717) is 35.4 Å². The van der Waals surface area contributed by atoms with Crippen molar-refractivity contribution in [2.24, 2.45) is 23.7 Å². The number of halogens is 1. The minimum absolute atomic E-state index is 0.0679. The maximum absolute atomic E-state index is 7.37. The third-order valence-corrected chi connectivity index (χ3v) is 14.4. The van der Waals surface area contributed by atoms with Gasteiger partial charge in [0.15, 0.2) is 0 Å². The van der Waals surface area contributed by atoms with Gasteiger partial charge in [-0.25, -0.2) is 0 Å². The molecule has 3 aromatic heterocycles. The van der Waals surface area contributed by atoms with E-state index in [9.17, 15) is 0 Å². The minimum atomic E-state index is -0.422. The third kappa shape index (κ3) is 7.63. The Morgan fingerprint density at radius 2 is 1.31 bits per heavy atom. The predicted molar refractivity (Wildman–Crippen MR) is 243 cm³/mol. The van der Waals surface area contributed by atoms with E-state index in [1.54, 1.807) is 14.2 Å². The molecule has 6 aliphatic rings. The molecule has 0 saturated carbocycles. The average molecular weight is 880 g/mol. The van der Waals surface area contributed by atoms with Crippen molar-refractivity contribution in [2.45, 2.75) is 49.8 Å². The van der Waals surface area contributed by atoms with E-state index in [0.717, 1.165) is 106 Å². The Balaban J connectivity index is 1.15. The molecular formula is C49H51BrN8O3. The Kier molecular flexibility index (Phi) is 10.9. The first-order valence-electron chi connectivity index (χ1n) is 21.4. The highest BCUT2D eigenvalue weighted by Gasteiger charge is 2.46. The molecule has 6 aliphatic heterocycles. The fraction of sp³-hybridized carbons (Fsp3) is 0.367. The van der Waals surface area contributed by atoms with Crippen molar-refractivity contribution >= 4 is 49.4 Å². The van der Waals surface area contributed by atoms with Crippen LogP contribution in [0.4, 0.5) is 11.6 Å². The van der Waals surface area contributed by atoms with Gasteiger partial charge in [-0.05, 0) is 141 Å². The SMILES string of the molecule is C=C[C@H]1CN2CC[C@H]1C[C@H]2[C@H](c1nc(Nc2ccc(Br)cc2)nc(O[C@H](c2ccnc3ccc(OC)cc23)[C@@H]2C[C@@H]3CCN2C[C@@H]3C=C)n1)c1ccnc2ccc(OC)cc12. The quantitative estimate of drug-likeness (QED) is 0.112. The Morgan fingerprint density at radius 3 is 1.89 bits per heavy atom. The largest absolute Gasteiger partial charge is 0.497 e. The lowest BCUT2D eigenvalue weighted by Gasteiger charge is -2.51. The van der Waals surface area contributed by atoms with Crippen LogP contribution < -0.4 is 19.5 Å². The molecule has 1 N–H and O–H groups in total. The standard InChI is InChI=1S/C49H51BrN8O3/c1-5-29-27-57-21-17-31(29)23-43(57)45(37-15-19-51-41-13-11-35(59-3)25-39(37)41)47-54-48(53-34-9-7-33(50)8-10-34)56-49(55-47)61-46(44-24-32-18-22-58(44)28-30(32)6-2)38-16-20-52-42-14-12-36(60-4)26-40(38)42/h5-16,19-20,25-26,29-32,43-46H,1-2,17-18,21-24,27-28H2,3-4H3,(H,53,54,55,56)/t29-,30-,31-,32-,43-,44-,45+,46+/m0/s1. The van der Waals surface area contributed by atoms with Gasteiger partial charge in [0.05, 0.1) is 37.2 Å². The molecule has 4 bridgehead atoms. The number of methoxy groups -OCH3 is 2. The first kappa shape index (κ1) is 39.7. The summed E-state index contributed by atoms with van der Waals surface area (Å²) in [6, 6.07) is 24.8. The van der Waals surface area contributed by atoms with Crippen LogP contribution in [-0.4, -0.2) is 87.2 Å². The van der Waals surface area contributed by atoms with Gasteiger partial charge in [0, 0.05) is 58.0 Å². The monoisotopic (exact) mass is 878 g/mol. The lowest BCUT2D eigenvalue weighted by molar-refractivity contribution is -0.0382. The predicted octanol–water partition coefficient (Wildman–Crippen LogP) is 9.54. The summed E-state index contributed by atoms with van der Waals surface area (Å²) in [5.74, 6) is 4.28. The van der Waals surface area contributed by atoms with Crippen LogP contribution in [0.3, 0.4) is 0 Å². The lowest BCUT2D eigenvalue weighted by Crippen LogP contribution is -2.55. The van der Waals surface area contributed by atoms with Crippen LogP contribution in [0.5, 0.6) is 17.5 Å². The number of nitrogens with one attached hydrogen (secondary N) is 1. The third-order valence-electron chi connectivity index (χ3n) is 13.9. The lowest BCUT2D eigenvalue weighted by atomic mass is 9.71. The number of hydrogen-bond donors (Lipinski definition) is 1. The van der Waals surface area contributed by atoms with E-state index in [2.05, 4.69) is 80.6 Å². The van der Waals surface area contributed by atoms with E-state index in [1.165, 1.54) is 0 Å². The zero-order chi connectivity index (χ0) is 41.6. The first-order valence-corrected chi connectivity index (χ1v) is 22.2. The van der Waals surface area contributed by atoms with Crippen molar-refractivity contribution in [1.29, 1.82) is 0 Å². The number of rotatable bonds is 13. The molecule has 0 spiro atoms. The number of nitrogens with zero attached hydrogens (tertiary/aromatic N) is 7. The zero-order valence-electron chi connectivity index (χ0n) is 34.7. The van der Waals surface area contributed by atoms with Gasteiger partial charge in [-0.3, -0.25) is 19.8 Å². The number of anilines is 2. The highest BCUT2D eigenvalue weighted by molar-refractivity contribution is 9.10. The molecule has 0 aliphatic carbocycles. The van der Waals surface area contributed by atoms with Crippen LogP contribution in [0.15, 0.2) is 115 Å². The zero-order valence-corrected chi connectivity index (χ0v) is 36.2. The average Bonchev–Trinajstić information content (AvgIpc) is 3.31. The molecule has 6 saturated heterocycles. The Labute approximate surface area is 365 Å². The summed E-state index contributed by atoms with van der Waals surface area (Å²) >= 11 is 3.60. The van der Waals surface area contributed by atoms with Crippen LogP contribution >= 0.6 is 15.9 Å². The fourth-order valence-corrected chi connectivity index (χ4v) is 11.0. The molecule has 0 amide bonds. The summed E-state index contributed by atoms with van der Waals surface area (Å²) in [5, 5.41) is 5.53. The van der Waals surface area contributed by atoms with Crippen molar-refractivity contribution in [3.63, 3.8) is 0 Å². The van der Waals surface area contributed by atoms with Gasteiger partial charge < -0.3 is 19.5 Å². The molecule has 12 heteroatoms. The van der Waals surface area contributed by atoms with Gasteiger partial charge in [-0.15, -0.1) is 13.2 Å². The topological polar surface area (TPSA) is 111 Å². The molecule has 10 atom stereocenters. The van der Waals surface area contributed by atoms with Crippen molar-refractivity contribution in [2.75, 3.05) is 45.7 Å². The van der Waals surface area contributed by atoms with E-state index < -0.39 is 6.10 Å². The van der Waals surface area contributed by atoms with Crippen molar-refractivity contribution in [3.05, 3.63) is 132 Å². The van der Waals surface area contributed by atoms with Crippen LogP contribution in [0, 0.1) is 23.7 Å². The van der Waals surface area contributed by atoms with E-state index in [1.807, 2.05) is 60.9 Å². The fourth-order valence-electron chi connectivity index (χ4n) is 10.7. The van der Waals surface area contributed by atoms with E-state index in [-0.39, 0.29) is 24.0 Å². The Morgan fingerprint density at radius 1 is 0.721 bits per heavy atom. The molecule has 3 aromatic carbocycles. The molecule has 9 heterocycles. The van der Waals surface area contributed by atoms with Crippen LogP contribution in [0.25, 0.3) is 21.8 Å². The second-order valence-electron chi connectivity index (χ2n) is 17.0. The molecule has 6 aromatic rings. The van der Waals surface area contributed by atoms with E-state index >= 15 is 0 Å². The molecule has 11 nitrogen and oxygen atoms in total. The molecule has 0 radical (unpaired) electrons. The highest BCUT2D eigenvalue weighted by atomic mass is 79.9. The molecule has 61 heavy (non-hydrogen) atoms. The second-order valence-corrected chi connectivity index (χ2v) is 17.9. The van der Waals surface area contributed by atoms with Gasteiger partial charge in [-0.1, -0.05) is 28.1 Å². The summed E-state index contributed by atoms with van der Waals surface area (Å²) in [7, 11) is 3.40.